The van der Waals surface area contributed by atoms with Crippen LogP contribution in [-0.4, -0.2) is 50.2 Å². The van der Waals surface area contributed by atoms with Crippen molar-refractivity contribution in [2.75, 3.05) is 39.4 Å². The van der Waals surface area contributed by atoms with Crippen molar-refractivity contribution in [1.29, 1.82) is 0 Å². The Labute approximate surface area is 103 Å². The van der Waals surface area contributed by atoms with E-state index in [0.717, 1.165) is 32.6 Å². The molecule has 1 aliphatic heterocycles. The highest BCUT2D eigenvalue weighted by atomic mass is 35.5. The number of hydrogen-bond donors (Lipinski definition) is 1. The van der Waals surface area contributed by atoms with E-state index in [1.165, 1.54) is 0 Å². The summed E-state index contributed by atoms with van der Waals surface area (Å²) < 4.78 is 5.22. The van der Waals surface area contributed by atoms with E-state index in [2.05, 4.69) is 11.9 Å². The number of ether oxygens (including phenoxy) is 1. The molecule has 0 saturated carbocycles. The average molecular weight is 249 g/mol. The van der Waals surface area contributed by atoms with E-state index in [0.29, 0.717) is 19.6 Å². The largest absolute Gasteiger partial charge is 0.377 e. The Balaban J connectivity index is 0.00000225. The molecule has 0 aromatic heterocycles. The summed E-state index contributed by atoms with van der Waals surface area (Å²) in [6.45, 7) is 8.28. The van der Waals surface area contributed by atoms with Crippen LogP contribution in [0.4, 0.5) is 0 Å². The molecule has 1 fully saturated rings. The molecule has 16 heavy (non-hydrogen) atoms. The van der Waals surface area contributed by atoms with Crippen LogP contribution in [0.3, 0.4) is 0 Å². The van der Waals surface area contributed by atoms with Gasteiger partial charge in [-0.15, -0.1) is 19.0 Å². The van der Waals surface area contributed by atoms with Crippen molar-refractivity contribution in [3.8, 4) is 0 Å². The Hall–Kier alpha value is -0.580. The van der Waals surface area contributed by atoms with Gasteiger partial charge in [0.05, 0.1) is 6.61 Å². The van der Waals surface area contributed by atoms with Crippen molar-refractivity contribution in [3.05, 3.63) is 12.7 Å². The number of carbonyl (C=O) groups excluding carboxylic acids is 1. The lowest BCUT2D eigenvalue weighted by molar-refractivity contribution is -0.132. The zero-order chi connectivity index (χ0) is 10.9. The topological polar surface area (TPSA) is 41.6 Å². The van der Waals surface area contributed by atoms with Crippen LogP contribution < -0.4 is 5.32 Å². The van der Waals surface area contributed by atoms with Gasteiger partial charge in [-0.2, -0.15) is 0 Å². The first-order valence-electron chi connectivity index (χ1n) is 5.51. The molecular formula is C11H21ClN2O2. The third-order valence-electron chi connectivity index (χ3n) is 2.38. The molecule has 0 radical (unpaired) electrons. The fourth-order valence-electron chi connectivity index (χ4n) is 1.56. The quantitative estimate of drug-likeness (QED) is 0.559. The summed E-state index contributed by atoms with van der Waals surface area (Å²) in [7, 11) is 0. The Morgan fingerprint density at radius 1 is 1.44 bits per heavy atom. The predicted molar refractivity (Wildman–Crippen MR) is 66.9 cm³/mol. The number of nitrogens with one attached hydrogen (secondary N) is 1. The van der Waals surface area contributed by atoms with Crippen molar-refractivity contribution in [3.63, 3.8) is 0 Å². The van der Waals surface area contributed by atoms with Gasteiger partial charge in [-0.1, -0.05) is 6.08 Å². The number of piperazine rings is 1. The molecule has 0 aromatic carbocycles. The van der Waals surface area contributed by atoms with Crippen molar-refractivity contribution >= 4 is 18.3 Å². The summed E-state index contributed by atoms with van der Waals surface area (Å²) in [4.78, 5) is 13.6. The monoisotopic (exact) mass is 248 g/mol. The van der Waals surface area contributed by atoms with E-state index in [-0.39, 0.29) is 18.3 Å². The number of halogens is 1. The van der Waals surface area contributed by atoms with Gasteiger partial charge < -0.3 is 15.0 Å². The normalized spacial score (nSPS) is 15.4. The predicted octanol–water partition coefficient (Wildman–Crippen LogP) is 0.823. The molecule has 0 aliphatic carbocycles. The molecule has 94 valence electrons. The minimum absolute atomic E-state index is 0. The van der Waals surface area contributed by atoms with Gasteiger partial charge in [0.25, 0.3) is 0 Å². The second-order valence-electron chi connectivity index (χ2n) is 3.60. The molecule has 0 aromatic rings. The van der Waals surface area contributed by atoms with Crippen LogP contribution in [0.25, 0.3) is 0 Å². The summed E-state index contributed by atoms with van der Waals surface area (Å²) in [6.07, 6.45) is 3.12. The number of hydrogen-bond acceptors (Lipinski definition) is 3. The first-order valence-corrected chi connectivity index (χ1v) is 5.51. The van der Waals surface area contributed by atoms with Gasteiger partial charge in [0.2, 0.25) is 5.91 Å². The van der Waals surface area contributed by atoms with Crippen LogP contribution >= 0.6 is 12.4 Å². The van der Waals surface area contributed by atoms with Crippen molar-refractivity contribution in [1.82, 2.24) is 10.2 Å². The highest BCUT2D eigenvalue weighted by molar-refractivity contribution is 5.85. The standard InChI is InChI=1S/C11H20N2O2.ClH/c1-2-9-15-10-3-4-11(14)13-7-5-12-6-8-13;/h2,12H,1,3-10H2;1H. The smallest absolute Gasteiger partial charge is 0.222 e. The SMILES string of the molecule is C=CCOCCCC(=O)N1CCNCC1.Cl. The Kier molecular flexibility index (Phi) is 9.28. The van der Waals surface area contributed by atoms with Crippen LogP contribution in [0.1, 0.15) is 12.8 Å². The van der Waals surface area contributed by atoms with Gasteiger partial charge in [0.15, 0.2) is 0 Å². The fraction of sp³-hybridized carbons (Fsp3) is 0.727. The van der Waals surface area contributed by atoms with E-state index in [9.17, 15) is 4.79 Å². The Bertz CT molecular complexity index is 206. The lowest BCUT2D eigenvalue weighted by atomic mass is 10.2. The maximum atomic E-state index is 11.7. The molecule has 1 rings (SSSR count). The van der Waals surface area contributed by atoms with Gasteiger partial charge in [0.1, 0.15) is 0 Å². The molecule has 1 aliphatic rings. The third-order valence-corrected chi connectivity index (χ3v) is 2.38. The molecular weight excluding hydrogens is 228 g/mol. The van der Waals surface area contributed by atoms with Crippen LogP contribution in [0.5, 0.6) is 0 Å². The van der Waals surface area contributed by atoms with Crippen LogP contribution in [0.2, 0.25) is 0 Å². The fourth-order valence-corrected chi connectivity index (χ4v) is 1.56. The van der Waals surface area contributed by atoms with Crippen molar-refractivity contribution in [2.45, 2.75) is 12.8 Å². The second-order valence-corrected chi connectivity index (χ2v) is 3.60. The zero-order valence-electron chi connectivity index (χ0n) is 9.61. The Morgan fingerprint density at radius 3 is 2.75 bits per heavy atom. The van der Waals surface area contributed by atoms with E-state index >= 15 is 0 Å². The first-order chi connectivity index (χ1) is 7.34. The van der Waals surface area contributed by atoms with E-state index in [1.54, 1.807) is 6.08 Å². The summed E-state index contributed by atoms with van der Waals surface area (Å²) in [6, 6.07) is 0. The molecule has 1 N–H and O–H groups in total. The molecule has 1 heterocycles. The van der Waals surface area contributed by atoms with Gasteiger partial charge in [-0.3, -0.25) is 4.79 Å². The summed E-state index contributed by atoms with van der Waals surface area (Å²) in [5, 5.41) is 3.22. The molecule has 1 saturated heterocycles. The van der Waals surface area contributed by atoms with Gasteiger partial charge in [0, 0.05) is 39.2 Å². The van der Waals surface area contributed by atoms with Crippen molar-refractivity contribution < 1.29 is 9.53 Å². The van der Waals surface area contributed by atoms with E-state index < -0.39 is 0 Å². The molecule has 1 amide bonds. The number of rotatable bonds is 6. The number of nitrogens with zero attached hydrogens (tertiary/aromatic N) is 1. The maximum absolute atomic E-state index is 11.7. The molecule has 0 atom stereocenters. The minimum Gasteiger partial charge on any atom is -0.377 e. The molecule has 0 spiro atoms. The molecule has 0 bridgehead atoms. The lowest BCUT2D eigenvalue weighted by Crippen LogP contribution is -2.46. The van der Waals surface area contributed by atoms with Gasteiger partial charge in [-0.25, -0.2) is 0 Å². The highest BCUT2D eigenvalue weighted by Crippen LogP contribution is 2.00. The third kappa shape index (κ3) is 6.10. The van der Waals surface area contributed by atoms with Crippen molar-refractivity contribution in [2.24, 2.45) is 0 Å². The van der Waals surface area contributed by atoms with Crippen LogP contribution in [-0.2, 0) is 9.53 Å². The summed E-state index contributed by atoms with van der Waals surface area (Å²) in [5.74, 6) is 0.249. The maximum Gasteiger partial charge on any atom is 0.222 e. The lowest BCUT2D eigenvalue weighted by Gasteiger charge is -2.27. The van der Waals surface area contributed by atoms with Crippen LogP contribution in [0.15, 0.2) is 12.7 Å². The zero-order valence-corrected chi connectivity index (χ0v) is 10.4. The first kappa shape index (κ1) is 15.4. The average Bonchev–Trinajstić information content (AvgIpc) is 2.30. The van der Waals surface area contributed by atoms with Crippen LogP contribution in [0, 0.1) is 0 Å². The second kappa shape index (κ2) is 9.63. The van der Waals surface area contributed by atoms with Gasteiger partial charge in [-0.05, 0) is 6.42 Å². The highest BCUT2D eigenvalue weighted by Gasteiger charge is 2.14. The van der Waals surface area contributed by atoms with E-state index in [4.69, 9.17) is 4.74 Å². The minimum atomic E-state index is 0. The number of amides is 1. The molecule has 0 unspecified atom stereocenters. The molecule has 5 heteroatoms. The molecule has 4 nitrogen and oxygen atoms in total. The Morgan fingerprint density at radius 2 is 2.12 bits per heavy atom. The van der Waals surface area contributed by atoms with E-state index in [1.807, 2.05) is 4.90 Å². The summed E-state index contributed by atoms with van der Waals surface area (Å²) in [5.41, 5.74) is 0. The number of carbonyl (C=O) groups is 1. The summed E-state index contributed by atoms with van der Waals surface area (Å²) >= 11 is 0. The van der Waals surface area contributed by atoms with Gasteiger partial charge >= 0.3 is 0 Å².